The van der Waals surface area contributed by atoms with E-state index < -0.39 is 5.79 Å². The Labute approximate surface area is 127 Å². The molecule has 2 aromatic rings. The number of ether oxygens (including phenoxy) is 1. The minimum Gasteiger partial charge on any atom is -0.364 e. The van der Waals surface area contributed by atoms with Crippen LogP contribution in [-0.4, -0.2) is 39.1 Å². The molecular weight excluding hydrogens is 282 g/mol. The number of rotatable bonds is 2. The van der Waals surface area contributed by atoms with E-state index in [4.69, 9.17) is 4.74 Å². The number of piperidine rings is 1. The van der Waals surface area contributed by atoms with E-state index in [2.05, 4.69) is 10.3 Å². The number of aliphatic hydroxyl groups is 1. The van der Waals surface area contributed by atoms with Crippen LogP contribution in [0.25, 0.3) is 10.9 Å². The van der Waals surface area contributed by atoms with Crippen molar-refractivity contribution in [2.75, 3.05) is 6.54 Å². The van der Waals surface area contributed by atoms with E-state index in [0.29, 0.717) is 17.3 Å². The Kier molecular flexibility index (Phi) is 3.25. The molecular formula is C16H19N3O3. The lowest BCUT2D eigenvalue weighted by Gasteiger charge is -2.25. The van der Waals surface area contributed by atoms with Gasteiger partial charge < -0.3 is 15.2 Å². The van der Waals surface area contributed by atoms with Crippen molar-refractivity contribution < 1.29 is 9.84 Å². The monoisotopic (exact) mass is 301 g/mol. The van der Waals surface area contributed by atoms with Gasteiger partial charge in [0.2, 0.25) is 0 Å². The Morgan fingerprint density at radius 1 is 1.45 bits per heavy atom. The number of nitrogens with zero attached hydrogens (tertiary/aromatic N) is 2. The highest BCUT2D eigenvalue weighted by molar-refractivity contribution is 5.76. The van der Waals surface area contributed by atoms with E-state index in [9.17, 15) is 9.90 Å². The second-order valence-corrected chi connectivity index (χ2v) is 6.20. The van der Waals surface area contributed by atoms with Gasteiger partial charge in [0.1, 0.15) is 0 Å². The molecule has 2 aliphatic heterocycles. The smallest absolute Gasteiger partial charge is 0.261 e. The van der Waals surface area contributed by atoms with E-state index in [-0.39, 0.29) is 24.2 Å². The summed E-state index contributed by atoms with van der Waals surface area (Å²) in [6, 6.07) is 7.39. The molecule has 0 aliphatic carbocycles. The van der Waals surface area contributed by atoms with Crippen molar-refractivity contribution in [1.82, 2.24) is 14.9 Å². The molecule has 3 atom stereocenters. The third-order valence-corrected chi connectivity index (χ3v) is 4.58. The van der Waals surface area contributed by atoms with Gasteiger partial charge in [0, 0.05) is 12.5 Å². The number of fused-ring (bicyclic) bond motifs is 2. The summed E-state index contributed by atoms with van der Waals surface area (Å²) >= 11 is 0. The molecule has 6 heteroatoms. The number of aromatic nitrogens is 2. The normalized spacial score (nSPS) is 31.3. The predicted molar refractivity (Wildman–Crippen MR) is 81.5 cm³/mol. The zero-order valence-corrected chi connectivity index (χ0v) is 12.2. The summed E-state index contributed by atoms with van der Waals surface area (Å²) in [6.07, 6.45) is 4.01. The molecule has 6 nitrogen and oxygen atoms in total. The largest absolute Gasteiger partial charge is 0.364 e. The minimum atomic E-state index is -1.30. The number of benzene rings is 1. The lowest BCUT2D eigenvalue weighted by molar-refractivity contribution is -0.202. The van der Waals surface area contributed by atoms with Gasteiger partial charge in [-0.05, 0) is 31.5 Å². The molecule has 4 rings (SSSR count). The predicted octanol–water partition coefficient (Wildman–Crippen LogP) is 0.626. The van der Waals surface area contributed by atoms with Crippen LogP contribution in [-0.2, 0) is 11.3 Å². The molecule has 2 aliphatic rings. The Morgan fingerprint density at radius 2 is 2.32 bits per heavy atom. The van der Waals surface area contributed by atoms with Crippen molar-refractivity contribution in [3.63, 3.8) is 0 Å². The van der Waals surface area contributed by atoms with Crippen molar-refractivity contribution in [3.05, 3.63) is 40.9 Å². The van der Waals surface area contributed by atoms with Crippen LogP contribution in [0, 0.1) is 0 Å². The summed E-state index contributed by atoms with van der Waals surface area (Å²) in [5.41, 5.74) is 0.517. The molecule has 0 spiro atoms. The van der Waals surface area contributed by atoms with Crippen LogP contribution >= 0.6 is 0 Å². The molecule has 2 saturated heterocycles. The molecule has 0 bridgehead atoms. The molecule has 116 valence electrons. The maximum Gasteiger partial charge on any atom is 0.261 e. The minimum absolute atomic E-state index is 0.0304. The van der Waals surface area contributed by atoms with E-state index >= 15 is 0 Å². The van der Waals surface area contributed by atoms with Gasteiger partial charge in [-0.15, -0.1) is 0 Å². The molecule has 1 aromatic heterocycles. The summed E-state index contributed by atoms with van der Waals surface area (Å²) in [4.78, 5) is 16.8. The molecule has 0 amide bonds. The molecule has 2 fully saturated rings. The average molecular weight is 301 g/mol. The maximum absolute atomic E-state index is 12.5. The Morgan fingerprint density at radius 3 is 3.18 bits per heavy atom. The van der Waals surface area contributed by atoms with Crippen molar-refractivity contribution in [3.8, 4) is 0 Å². The van der Waals surface area contributed by atoms with Crippen molar-refractivity contribution in [2.24, 2.45) is 0 Å². The molecule has 3 heterocycles. The Bertz CT molecular complexity index is 744. The molecule has 2 N–H and O–H groups in total. The van der Waals surface area contributed by atoms with E-state index in [1.807, 2.05) is 12.1 Å². The first-order valence-electron chi connectivity index (χ1n) is 7.72. The van der Waals surface area contributed by atoms with Gasteiger partial charge >= 0.3 is 0 Å². The fourth-order valence-corrected chi connectivity index (χ4v) is 3.53. The highest BCUT2D eigenvalue weighted by Crippen LogP contribution is 2.33. The average Bonchev–Trinajstić information content (AvgIpc) is 2.86. The number of para-hydroxylation sites is 1. The fraction of sp³-hybridized carbons (Fsp3) is 0.500. The molecule has 0 unspecified atom stereocenters. The second kappa shape index (κ2) is 5.15. The van der Waals surface area contributed by atoms with Crippen LogP contribution in [0.4, 0.5) is 0 Å². The highest BCUT2D eigenvalue weighted by atomic mass is 16.6. The van der Waals surface area contributed by atoms with E-state index in [1.54, 1.807) is 12.1 Å². The Balaban J connectivity index is 1.63. The third-order valence-electron chi connectivity index (χ3n) is 4.58. The highest BCUT2D eigenvalue weighted by Gasteiger charge is 2.46. The number of hydrogen-bond donors (Lipinski definition) is 2. The summed E-state index contributed by atoms with van der Waals surface area (Å²) in [7, 11) is 0. The first-order chi connectivity index (χ1) is 10.6. The first kappa shape index (κ1) is 13.9. The van der Waals surface area contributed by atoms with Crippen LogP contribution in [0.2, 0.25) is 0 Å². The number of nitrogens with one attached hydrogen (secondary N) is 1. The van der Waals surface area contributed by atoms with Gasteiger partial charge in [0.15, 0.2) is 5.79 Å². The van der Waals surface area contributed by atoms with Crippen LogP contribution in [0.15, 0.2) is 35.4 Å². The standard InChI is InChI=1S/C16H19N3O3/c20-15-11-4-1-2-5-12(11)18-10-19(15)9-16(21)8-13-14(22-16)6-3-7-17-13/h1-2,4-5,10,13-14,17,21H,3,6-9H2/t13-,14-,16+/m1/s1. The lowest BCUT2D eigenvalue weighted by Crippen LogP contribution is -2.41. The van der Waals surface area contributed by atoms with Gasteiger partial charge in [0.05, 0.1) is 29.9 Å². The molecule has 0 radical (unpaired) electrons. The lowest BCUT2D eigenvalue weighted by atomic mass is 9.99. The zero-order chi connectivity index (χ0) is 15.2. The number of hydrogen-bond acceptors (Lipinski definition) is 5. The van der Waals surface area contributed by atoms with Gasteiger partial charge in [-0.25, -0.2) is 4.98 Å². The van der Waals surface area contributed by atoms with Crippen LogP contribution < -0.4 is 10.9 Å². The summed E-state index contributed by atoms with van der Waals surface area (Å²) in [6.45, 7) is 1.07. The van der Waals surface area contributed by atoms with Gasteiger partial charge in [-0.2, -0.15) is 0 Å². The van der Waals surface area contributed by atoms with Gasteiger partial charge in [-0.3, -0.25) is 9.36 Å². The van der Waals surface area contributed by atoms with Crippen molar-refractivity contribution in [1.29, 1.82) is 0 Å². The molecule has 1 aromatic carbocycles. The quantitative estimate of drug-likeness (QED) is 0.851. The van der Waals surface area contributed by atoms with Crippen molar-refractivity contribution >= 4 is 10.9 Å². The fourth-order valence-electron chi connectivity index (χ4n) is 3.53. The van der Waals surface area contributed by atoms with E-state index in [0.717, 1.165) is 19.4 Å². The SMILES string of the molecule is O=c1c2ccccc2ncn1C[C@]1(O)C[C@H]2NCCC[C@H]2O1. The second-order valence-electron chi connectivity index (χ2n) is 6.20. The molecule has 22 heavy (non-hydrogen) atoms. The van der Waals surface area contributed by atoms with Gasteiger partial charge in [0.25, 0.3) is 5.56 Å². The summed E-state index contributed by atoms with van der Waals surface area (Å²) < 4.78 is 7.27. The topological polar surface area (TPSA) is 76.4 Å². The summed E-state index contributed by atoms with van der Waals surface area (Å²) in [5, 5.41) is 14.7. The van der Waals surface area contributed by atoms with Crippen LogP contribution in [0.1, 0.15) is 19.3 Å². The zero-order valence-electron chi connectivity index (χ0n) is 12.2. The third kappa shape index (κ3) is 2.33. The molecule has 0 saturated carbocycles. The summed E-state index contributed by atoms with van der Waals surface area (Å²) in [5.74, 6) is -1.30. The Hall–Kier alpha value is -1.76. The van der Waals surface area contributed by atoms with Crippen molar-refractivity contribution in [2.45, 2.75) is 43.7 Å². The van der Waals surface area contributed by atoms with Crippen LogP contribution in [0.5, 0.6) is 0 Å². The van der Waals surface area contributed by atoms with Crippen LogP contribution in [0.3, 0.4) is 0 Å². The first-order valence-corrected chi connectivity index (χ1v) is 7.72. The maximum atomic E-state index is 12.5. The van der Waals surface area contributed by atoms with Gasteiger partial charge in [-0.1, -0.05) is 12.1 Å². The van der Waals surface area contributed by atoms with E-state index in [1.165, 1.54) is 10.9 Å².